The Morgan fingerprint density at radius 2 is 1.12 bits per heavy atom. The zero-order valence-electron chi connectivity index (χ0n) is 55.8. The molecule has 5 aromatic rings. The number of sulfonamides is 1. The minimum Gasteiger partial charge on any atom is -0.381 e. The fraction of sp³-hybridized carbons (Fsp3) is 0.603. The lowest BCUT2D eigenvalue weighted by molar-refractivity contribution is -0.127. The number of rotatable bonds is 9. The average molecular weight is 1200 g/mol. The second kappa shape index (κ2) is 30.3. The first kappa shape index (κ1) is 69.9. The molecule has 4 fully saturated rings. The number of hydrogen-bond donors (Lipinski definition) is 0. The number of pyridine rings is 2. The molecule has 1 aliphatic carbocycles. The number of benzene rings is 2. The number of allylic oxidation sites excluding steroid dienone is 1. The number of ether oxygens (including phenoxy) is 2. The predicted octanol–water partition coefficient (Wildman–Crippen LogP) is 15.1. The number of amides is 1. The fourth-order valence-corrected chi connectivity index (χ4v) is 12.2. The third kappa shape index (κ3) is 22.4. The number of fused-ring (bicyclic) bond motifs is 1. The molecule has 7 heterocycles. The van der Waals surface area contributed by atoms with Gasteiger partial charge in [0.1, 0.15) is 12.1 Å². The smallest absolute Gasteiger partial charge is 0.219 e. The minimum absolute atomic E-state index is 0.0251. The van der Waals surface area contributed by atoms with Gasteiger partial charge >= 0.3 is 0 Å². The summed E-state index contributed by atoms with van der Waals surface area (Å²) in [5.41, 5.74) is 14.3. The van der Waals surface area contributed by atoms with Crippen LogP contribution in [0, 0.1) is 34.9 Å². The highest BCUT2D eigenvalue weighted by atomic mass is 32.2. The van der Waals surface area contributed by atoms with Crippen LogP contribution in [0.3, 0.4) is 0 Å². The lowest BCUT2D eigenvalue weighted by Crippen LogP contribution is -2.38. The standard InChI is InChI=1S/C17H25NO.C15H25N3O2S.C15H23NO.C13H15F.C13H19NO/c1-13(19)18-9-8-15(12-18)10-14-6-5-7-16(11-14)17(2,3)4;1-15(2,3)14-10-13(16-11-17-14)9-12-5-7-18(8-6-12)21(4,19)20;1-15(2,3)14-9-13(10-16-11-14)8-12-4-6-17-7-5-12;1-13(2,3)10-7-9-5-4-6-12(14)11(9)8-10;1-13(2,3)12-5-10(6-14-7-12)4-11-8-15-9-11/h5-7,11,15H,8-10,12H2,1-4H3;10-12H,5-9H2,1-4H3;9-12H,4-8H2,1-3H3;4-6,8H,7H2,1-3H3;5-7,11H,4,8-9H2,1-3H3/t15-;;;;/m0..../s1. The molecule has 4 saturated heterocycles. The van der Waals surface area contributed by atoms with Crippen molar-refractivity contribution in [2.45, 2.75) is 197 Å². The first-order chi connectivity index (χ1) is 40.1. The normalized spacial score (nSPS) is 18.1. The van der Waals surface area contributed by atoms with Crippen LogP contribution in [0.5, 0.6) is 0 Å². The number of halogens is 1. The van der Waals surface area contributed by atoms with E-state index in [4.69, 9.17) is 9.47 Å². The van der Waals surface area contributed by atoms with Gasteiger partial charge in [-0.05, 0) is 155 Å². The Balaban J connectivity index is 0.000000173. The summed E-state index contributed by atoms with van der Waals surface area (Å²) in [4.78, 5) is 30.8. The second-order valence-electron chi connectivity index (χ2n) is 30.2. The van der Waals surface area contributed by atoms with E-state index >= 15 is 0 Å². The molecular formula is C73H107FN6O5S. The predicted molar refractivity (Wildman–Crippen MR) is 351 cm³/mol. The number of carbonyl (C=O) groups is 1. The van der Waals surface area contributed by atoms with Crippen LogP contribution in [0.1, 0.15) is 199 Å². The van der Waals surface area contributed by atoms with Crippen molar-refractivity contribution in [2.24, 2.45) is 29.1 Å². The molecule has 86 heavy (non-hydrogen) atoms. The van der Waals surface area contributed by atoms with Gasteiger partial charge in [0.2, 0.25) is 15.9 Å². The molecule has 4 aliphatic heterocycles. The number of aromatic nitrogens is 4. The van der Waals surface area contributed by atoms with Crippen molar-refractivity contribution in [1.82, 2.24) is 29.1 Å². The van der Waals surface area contributed by atoms with E-state index in [-0.39, 0.29) is 38.8 Å². The largest absolute Gasteiger partial charge is 0.381 e. The van der Waals surface area contributed by atoms with E-state index in [0.29, 0.717) is 30.8 Å². The van der Waals surface area contributed by atoms with Crippen LogP contribution in [0.2, 0.25) is 0 Å². The first-order valence-corrected chi connectivity index (χ1v) is 33.6. The van der Waals surface area contributed by atoms with E-state index < -0.39 is 10.0 Å². The highest BCUT2D eigenvalue weighted by Gasteiger charge is 2.29. The molecule has 10 rings (SSSR count). The third-order valence-corrected chi connectivity index (χ3v) is 18.6. The van der Waals surface area contributed by atoms with Crippen LogP contribution >= 0.6 is 0 Å². The summed E-state index contributed by atoms with van der Waals surface area (Å²) in [6.07, 6.45) is 23.4. The van der Waals surface area contributed by atoms with Gasteiger partial charge in [-0.25, -0.2) is 27.1 Å². The topological polar surface area (TPSA) is 128 Å². The van der Waals surface area contributed by atoms with Crippen molar-refractivity contribution in [3.05, 3.63) is 159 Å². The van der Waals surface area contributed by atoms with Crippen molar-refractivity contribution >= 4 is 22.0 Å². The minimum atomic E-state index is -3.04. The monoisotopic (exact) mass is 1200 g/mol. The van der Waals surface area contributed by atoms with Crippen molar-refractivity contribution in [3.8, 4) is 0 Å². The van der Waals surface area contributed by atoms with Gasteiger partial charge in [-0.2, -0.15) is 0 Å². The highest BCUT2D eigenvalue weighted by molar-refractivity contribution is 7.88. The highest BCUT2D eigenvalue weighted by Crippen LogP contribution is 2.37. The Morgan fingerprint density at radius 3 is 1.62 bits per heavy atom. The quantitative estimate of drug-likeness (QED) is 0.142. The molecule has 1 amide bonds. The van der Waals surface area contributed by atoms with Crippen LogP contribution in [0.25, 0.3) is 6.08 Å². The van der Waals surface area contributed by atoms with Crippen molar-refractivity contribution < 1.29 is 27.1 Å². The molecule has 0 saturated carbocycles. The Kier molecular flexibility index (Phi) is 24.6. The lowest BCUT2D eigenvalue weighted by Gasteiger charge is -2.30. The van der Waals surface area contributed by atoms with Crippen molar-refractivity contribution in [3.63, 3.8) is 0 Å². The summed E-state index contributed by atoms with van der Waals surface area (Å²) >= 11 is 0. The van der Waals surface area contributed by atoms with Gasteiger partial charge in [0, 0.05) is 99.4 Å². The Labute approximate surface area is 519 Å². The second-order valence-corrected chi connectivity index (χ2v) is 32.2. The Bertz CT molecular complexity index is 3110. The molecule has 13 heteroatoms. The van der Waals surface area contributed by atoms with E-state index in [1.54, 1.807) is 23.6 Å². The van der Waals surface area contributed by atoms with Crippen LogP contribution < -0.4 is 0 Å². The molecule has 11 nitrogen and oxygen atoms in total. The molecule has 0 unspecified atom stereocenters. The number of nitrogens with zero attached hydrogens (tertiary/aromatic N) is 6. The van der Waals surface area contributed by atoms with Crippen LogP contribution in [-0.2, 0) is 78.1 Å². The summed E-state index contributed by atoms with van der Waals surface area (Å²) in [6, 6.07) is 20.9. The van der Waals surface area contributed by atoms with Gasteiger partial charge in [-0.1, -0.05) is 164 Å². The number of likely N-dealkylation sites (tertiary alicyclic amines) is 1. The number of hydrogen-bond acceptors (Lipinski definition) is 9. The molecule has 5 aliphatic rings. The lowest BCUT2D eigenvalue weighted by atomic mass is 9.85. The van der Waals surface area contributed by atoms with Gasteiger partial charge in [0.15, 0.2) is 0 Å². The Hall–Kier alpha value is -5.21. The van der Waals surface area contributed by atoms with Gasteiger partial charge in [0.05, 0.1) is 19.5 Å². The van der Waals surface area contributed by atoms with Gasteiger partial charge in [-0.15, -0.1) is 0 Å². The molecule has 0 bridgehead atoms. The average Bonchev–Trinajstić information content (AvgIpc) is 2.60. The number of carbonyl (C=O) groups excluding carboxylic acids is 1. The molecule has 0 radical (unpaired) electrons. The third-order valence-electron chi connectivity index (χ3n) is 17.3. The van der Waals surface area contributed by atoms with Crippen molar-refractivity contribution in [1.29, 1.82) is 0 Å². The van der Waals surface area contributed by atoms with E-state index in [1.807, 2.05) is 41.8 Å². The SMILES string of the molecule is CC(=O)N1CC[C@@H](Cc2cccc(C(C)(C)C)c2)C1.CC(C)(C)C1=Cc2c(F)cccc2C1.CC(C)(C)c1cc(CC2CCN(S(C)(=O)=O)CC2)ncn1.CC(C)(C)c1cncc(CC2CCOCC2)c1.CC(C)(C)c1cncc(CC2COC2)c1. The van der Waals surface area contributed by atoms with E-state index in [1.165, 1.54) is 64.1 Å². The summed E-state index contributed by atoms with van der Waals surface area (Å²) < 4.78 is 48.6. The maximum Gasteiger partial charge on any atom is 0.219 e. The molecule has 2 aromatic carbocycles. The van der Waals surface area contributed by atoms with Gasteiger partial charge in [-0.3, -0.25) is 14.8 Å². The molecular weight excluding hydrogens is 1090 g/mol. The first-order valence-electron chi connectivity index (χ1n) is 31.8. The summed E-state index contributed by atoms with van der Waals surface area (Å²) in [5.74, 6) is 2.74. The molecule has 0 spiro atoms. The van der Waals surface area contributed by atoms with Crippen LogP contribution in [0.15, 0.2) is 97.4 Å². The maximum absolute atomic E-state index is 13.4. The summed E-state index contributed by atoms with van der Waals surface area (Å²) in [7, 11) is -3.04. The van der Waals surface area contributed by atoms with Crippen LogP contribution in [0.4, 0.5) is 4.39 Å². The number of piperidine rings is 1. The fourth-order valence-electron chi connectivity index (χ4n) is 11.3. The van der Waals surface area contributed by atoms with Crippen molar-refractivity contribution in [2.75, 3.05) is 58.9 Å². The summed E-state index contributed by atoms with van der Waals surface area (Å²) in [5, 5.41) is 0. The maximum atomic E-state index is 13.4. The zero-order valence-corrected chi connectivity index (χ0v) is 56.6. The molecule has 3 aromatic heterocycles. The molecule has 472 valence electrons. The van der Waals surface area contributed by atoms with Gasteiger partial charge in [0.25, 0.3) is 0 Å². The van der Waals surface area contributed by atoms with E-state index in [2.05, 4.69) is 166 Å². The van der Waals surface area contributed by atoms with E-state index in [9.17, 15) is 17.6 Å². The van der Waals surface area contributed by atoms with Crippen LogP contribution in [-0.4, -0.2) is 102 Å². The molecule has 0 N–H and O–H groups in total. The summed E-state index contributed by atoms with van der Waals surface area (Å²) in [6.45, 7) is 41.5. The molecule has 1 atom stereocenters. The van der Waals surface area contributed by atoms with Gasteiger partial charge < -0.3 is 14.4 Å². The van der Waals surface area contributed by atoms with E-state index in [0.717, 1.165) is 119 Å². The Morgan fingerprint density at radius 1 is 0.581 bits per heavy atom. The zero-order chi connectivity index (χ0) is 63.3.